The highest BCUT2D eigenvalue weighted by atomic mass is 19.4. The fraction of sp³-hybridized carbons (Fsp3) is 0.231. The Hall–Kier alpha value is -2.11. The molecule has 6 heteroatoms. The van der Waals surface area contributed by atoms with Gasteiger partial charge in [-0.3, -0.25) is 9.48 Å². The summed E-state index contributed by atoms with van der Waals surface area (Å²) in [5.41, 5.74) is 2.43. The molecule has 100 valence electrons. The van der Waals surface area contributed by atoms with Crippen molar-refractivity contribution >= 4 is 6.29 Å². The van der Waals surface area contributed by atoms with Gasteiger partial charge in [-0.25, -0.2) is 0 Å². The lowest BCUT2D eigenvalue weighted by atomic mass is 10.0. The molecule has 19 heavy (non-hydrogen) atoms. The van der Waals surface area contributed by atoms with E-state index in [1.54, 1.807) is 18.2 Å². The summed E-state index contributed by atoms with van der Waals surface area (Å²) < 4.78 is 37.5. The van der Waals surface area contributed by atoms with E-state index in [4.69, 9.17) is 0 Å². The summed E-state index contributed by atoms with van der Waals surface area (Å²) in [6.07, 6.45) is -1.03. The Kier molecular flexibility index (Phi) is 3.42. The highest BCUT2D eigenvalue weighted by Gasteiger charge is 2.28. The highest BCUT2D eigenvalue weighted by Crippen LogP contribution is 2.25. The molecule has 1 heterocycles. The Bertz CT molecular complexity index is 602. The van der Waals surface area contributed by atoms with Crippen LogP contribution in [0.3, 0.4) is 0 Å². The molecule has 0 aliphatic heterocycles. The molecule has 2 rings (SSSR count). The lowest BCUT2D eigenvalue weighted by Crippen LogP contribution is -2.17. The second-order valence-corrected chi connectivity index (χ2v) is 4.25. The van der Waals surface area contributed by atoms with E-state index in [9.17, 15) is 18.0 Å². The number of alkyl halides is 3. The van der Waals surface area contributed by atoms with Crippen molar-refractivity contribution in [2.24, 2.45) is 0 Å². The lowest BCUT2D eigenvalue weighted by Gasteiger charge is -2.06. The molecular weight excluding hydrogens is 257 g/mol. The number of benzene rings is 1. The zero-order chi connectivity index (χ0) is 14.0. The quantitative estimate of drug-likeness (QED) is 0.801. The molecule has 0 aliphatic carbocycles. The van der Waals surface area contributed by atoms with Gasteiger partial charge in [-0.15, -0.1) is 0 Å². The normalized spacial score (nSPS) is 11.6. The summed E-state index contributed by atoms with van der Waals surface area (Å²) in [6, 6.07) is 5.16. The van der Waals surface area contributed by atoms with Crippen LogP contribution in [0.5, 0.6) is 0 Å². The fourth-order valence-corrected chi connectivity index (χ4v) is 1.80. The Morgan fingerprint density at radius 2 is 2.11 bits per heavy atom. The standard InChI is InChI=1S/C13H11F3N2O/c1-9-2-3-10(7-19)12(4-9)11-5-17-18(6-11)8-13(14,15)16/h2-7H,8H2,1H3. The molecule has 0 N–H and O–H groups in total. The highest BCUT2D eigenvalue weighted by molar-refractivity contribution is 5.87. The summed E-state index contributed by atoms with van der Waals surface area (Å²) in [4.78, 5) is 10.9. The van der Waals surface area contributed by atoms with Crippen molar-refractivity contribution in [1.29, 1.82) is 0 Å². The van der Waals surface area contributed by atoms with Crippen molar-refractivity contribution in [2.45, 2.75) is 19.6 Å². The molecule has 0 radical (unpaired) electrons. The number of aryl methyl sites for hydroxylation is 1. The van der Waals surface area contributed by atoms with Crippen LogP contribution in [0.1, 0.15) is 15.9 Å². The number of carbonyl (C=O) groups excluding carboxylic acids is 1. The first kappa shape index (κ1) is 13.3. The van der Waals surface area contributed by atoms with E-state index in [2.05, 4.69) is 5.10 Å². The SMILES string of the molecule is Cc1ccc(C=O)c(-c2cnn(CC(F)(F)F)c2)c1. The molecule has 2 aromatic rings. The molecule has 0 aliphatic rings. The van der Waals surface area contributed by atoms with E-state index in [1.807, 2.05) is 6.92 Å². The van der Waals surface area contributed by atoms with E-state index >= 15 is 0 Å². The van der Waals surface area contributed by atoms with E-state index < -0.39 is 12.7 Å². The Morgan fingerprint density at radius 1 is 1.37 bits per heavy atom. The number of hydrogen-bond donors (Lipinski definition) is 0. The summed E-state index contributed by atoms with van der Waals surface area (Å²) >= 11 is 0. The van der Waals surface area contributed by atoms with Gasteiger partial charge in [0, 0.05) is 17.3 Å². The molecule has 1 aromatic heterocycles. The Labute approximate surface area is 107 Å². The van der Waals surface area contributed by atoms with Crippen molar-refractivity contribution in [2.75, 3.05) is 0 Å². The number of halogens is 3. The van der Waals surface area contributed by atoms with E-state index in [0.29, 0.717) is 23.0 Å². The molecule has 0 atom stereocenters. The predicted octanol–water partition coefficient (Wildman–Crippen LogP) is 3.23. The van der Waals surface area contributed by atoms with Crippen molar-refractivity contribution in [1.82, 2.24) is 9.78 Å². The molecule has 0 bridgehead atoms. The van der Waals surface area contributed by atoms with Gasteiger partial charge in [-0.05, 0) is 12.5 Å². The van der Waals surface area contributed by atoms with Gasteiger partial charge in [-0.1, -0.05) is 23.8 Å². The fourth-order valence-electron chi connectivity index (χ4n) is 1.80. The van der Waals surface area contributed by atoms with Gasteiger partial charge in [0.1, 0.15) is 6.54 Å². The van der Waals surface area contributed by atoms with Gasteiger partial charge in [0.15, 0.2) is 6.29 Å². The Morgan fingerprint density at radius 3 is 2.74 bits per heavy atom. The van der Waals surface area contributed by atoms with Crippen LogP contribution in [-0.2, 0) is 6.54 Å². The van der Waals surface area contributed by atoms with Crippen LogP contribution in [0, 0.1) is 6.92 Å². The number of carbonyl (C=O) groups is 1. The minimum absolute atomic E-state index is 0.428. The molecule has 0 fully saturated rings. The van der Waals surface area contributed by atoms with Crippen molar-refractivity contribution in [3.05, 3.63) is 41.7 Å². The number of aromatic nitrogens is 2. The van der Waals surface area contributed by atoms with Crippen LogP contribution < -0.4 is 0 Å². The first-order valence-electron chi connectivity index (χ1n) is 5.54. The number of nitrogens with zero attached hydrogens (tertiary/aromatic N) is 2. The Balaban J connectivity index is 2.37. The second kappa shape index (κ2) is 4.87. The summed E-state index contributed by atoms with van der Waals surface area (Å²) in [5, 5.41) is 3.66. The molecule has 0 unspecified atom stereocenters. The third-order valence-corrected chi connectivity index (χ3v) is 2.62. The van der Waals surface area contributed by atoms with Crippen LogP contribution in [-0.4, -0.2) is 22.2 Å². The zero-order valence-corrected chi connectivity index (χ0v) is 10.1. The predicted molar refractivity (Wildman–Crippen MR) is 63.8 cm³/mol. The number of hydrogen-bond acceptors (Lipinski definition) is 2. The van der Waals surface area contributed by atoms with Gasteiger partial charge < -0.3 is 0 Å². The summed E-state index contributed by atoms with van der Waals surface area (Å²) in [7, 11) is 0. The third kappa shape index (κ3) is 3.21. The average Bonchev–Trinajstić information content (AvgIpc) is 2.75. The van der Waals surface area contributed by atoms with Crippen molar-refractivity contribution in [3.63, 3.8) is 0 Å². The third-order valence-electron chi connectivity index (χ3n) is 2.62. The molecule has 3 nitrogen and oxygen atoms in total. The van der Waals surface area contributed by atoms with Crippen LogP contribution in [0.25, 0.3) is 11.1 Å². The van der Waals surface area contributed by atoms with Crippen LogP contribution in [0.4, 0.5) is 13.2 Å². The van der Waals surface area contributed by atoms with E-state index in [1.165, 1.54) is 12.4 Å². The maximum atomic E-state index is 12.2. The summed E-state index contributed by atoms with van der Waals surface area (Å²) in [6.45, 7) is 0.702. The minimum Gasteiger partial charge on any atom is -0.298 e. The first-order valence-corrected chi connectivity index (χ1v) is 5.54. The summed E-state index contributed by atoms with van der Waals surface area (Å²) in [5.74, 6) is 0. The molecule has 0 saturated carbocycles. The molecule has 0 amide bonds. The molecule has 0 spiro atoms. The zero-order valence-electron chi connectivity index (χ0n) is 10.1. The number of aldehydes is 1. The van der Waals surface area contributed by atoms with Gasteiger partial charge in [-0.2, -0.15) is 18.3 Å². The largest absolute Gasteiger partial charge is 0.408 e. The topological polar surface area (TPSA) is 34.9 Å². The van der Waals surface area contributed by atoms with Gasteiger partial charge >= 0.3 is 6.18 Å². The average molecular weight is 268 g/mol. The van der Waals surface area contributed by atoms with Gasteiger partial charge in [0.05, 0.1) is 6.20 Å². The van der Waals surface area contributed by atoms with Crippen molar-refractivity contribution < 1.29 is 18.0 Å². The molecule has 1 aromatic carbocycles. The van der Waals surface area contributed by atoms with Crippen LogP contribution >= 0.6 is 0 Å². The van der Waals surface area contributed by atoms with Crippen LogP contribution in [0.2, 0.25) is 0 Å². The lowest BCUT2D eigenvalue weighted by molar-refractivity contribution is -0.142. The van der Waals surface area contributed by atoms with Gasteiger partial charge in [0.25, 0.3) is 0 Å². The van der Waals surface area contributed by atoms with Crippen LogP contribution in [0.15, 0.2) is 30.6 Å². The monoisotopic (exact) mass is 268 g/mol. The smallest absolute Gasteiger partial charge is 0.298 e. The number of rotatable bonds is 3. The molecular formula is C13H11F3N2O. The van der Waals surface area contributed by atoms with Gasteiger partial charge in [0.2, 0.25) is 0 Å². The maximum Gasteiger partial charge on any atom is 0.408 e. The van der Waals surface area contributed by atoms with E-state index in [0.717, 1.165) is 10.2 Å². The van der Waals surface area contributed by atoms with E-state index in [-0.39, 0.29) is 0 Å². The molecule has 0 saturated heterocycles. The van der Waals surface area contributed by atoms with Crippen molar-refractivity contribution in [3.8, 4) is 11.1 Å². The maximum absolute atomic E-state index is 12.2. The first-order chi connectivity index (χ1) is 8.89. The minimum atomic E-state index is -4.32. The second-order valence-electron chi connectivity index (χ2n) is 4.25.